The molecular formula is C14H21N3O3. The largest absolute Gasteiger partial charge is 0.481 e. The second kappa shape index (κ2) is 5.64. The quantitative estimate of drug-likeness (QED) is 0.906. The number of hydrogen-bond donors (Lipinski definition) is 1. The lowest BCUT2D eigenvalue weighted by Crippen LogP contribution is -2.46. The molecule has 1 amide bonds. The molecule has 2 rings (SSSR count). The highest BCUT2D eigenvalue weighted by Gasteiger charge is 2.41. The molecule has 1 saturated heterocycles. The van der Waals surface area contributed by atoms with E-state index >= 15 is 0 Å². The Kier molecular flexibility index (Phi) is 4.11. The number of rotatable bonds is 4. The Morgan fingerprint density at radius 2 is 2.05 bits per heavy atom. The Morgan fingerprint density at radius 3 is 2.50 bits per heavy atom. The molecule has 0 atom stereocenters. The van der Waals surface area contributed by atoms with Gasteiger partial charge >= 0.3 is 5.97 Å². The van der Waals surface area contributed by atoms with Gasteiger partial charge in [-0.1, -0.05) is 13.3 Å². The Labute approximate surface area is 118 Å². The SMILES string of the molecule is CCCC1(C(=O)O)CCN(C(=O)c2cnn(C)c2)CC1. The molecule has 0 bridgehead atoms. The van der Waals surface area contributed by atoms with E-state index in [4.69, 9.17) is 0 Å². The molecule has 0 saturated carbocycles. The standard InChI is InChI=1S/C14H21N3O3/c1-3-4-14(13(19)20)5-7-17(8-6-14)12(18)11-9-15-16(2)10-11/h9-10H,3-8H2,1-2H3,(H,19,20). The van der Waals surface area contributed by atoms with Crippen molar-refractivity contribution in [2.45, 2.75) is 32.6 Å². The number of nitrogens with zero attached hydrogens (tertiary/aromatic N) is 3. The number of hydrogen-bond acceptors (Lipinski definition) is 3. The maximum atomic E-state index is 12.3. The Hall–Kier alpha value is -1.85. The van der Waals surface area contributed by atoms with E-state index in [0.29, 0.717) is 37.9 Å². The summed E-state index contributed by atoms with van der Waals surface area (Å²) < 4.78 is 1.59. The summed E-state index contributed by atoms with van der Waals surface area (Å²) in [5.74, 6) is -0.790. The number of carboxylic acids is 1. The van der Waals surface area contributed by atoms with Crippen LogP contribution in [-0.4, -0.2) is 44.8 Å². The van der Waals surface area contributed by atoms with E-state index in [1.165, 1.54) is 0 Å². The molecule has 1 aromatic rings. The molecule has 1 aliphatic heterocycles. The molecule has 1 fully saturated rings. The monoisotopic (exact) mass is 279 g/mol. The van der Waals surface area contributed by atoms with Crippen molar-refractivity contribution in [2.75, 3.05) is 13.1 Å². The van der Waals surface area contributed by atoms with Crippen molar-refractivity contribution < 1.29 is 14.7 Å². The first kappa shape index (κ1) is 14.6. The summed E-state index contributed by atoms with van der Waals surface area (Å²) in [6.45, 7) is 3.00. The van der Waals surface area contributed by atoms with Crippen LogP contribution in [0.15, 0.2) is 12.4 Å². The van der Waals surface area contributed by atoms with Crippen molar-refractivity contribution in [3.63, 3.8) is 0 Å². The number of amides is 1. The number of aromatic nitrogens is 2. The van der Waals surface area contributed by atoms with Crippen LogP contribution in [0.4, 0.5) is 0 Å². The molecule has 6 nitrogen and oxygen atoms in total. The van der Waals surface area contributed by atoms with Crippen LogP contribution in [0.3, 0.4) is 0 Å². The van der Waals surface area contributed by atoms with Gasteiger partial charge in [-0.2, -0.15) is 5.10 Å². The van der Waals surface area contributed by atoms with Gasteiger partial charge in [0.05, 0.1) is 17.2 Å². The number of carbonyl (C=O) groups is 2. The van der Waals surface area contributed by atoms with Crippen LogP contribution in [0.1, 0.15) is 43.0 Å². The van der Waals surface area contributed by atoms with Gasteiger partial charge in [-0.3, -0.25) is 14.3 Å². The predicted octanol–water partition coefficient (Wildman–Crippen LogP) is 1.53. The van der Waals surface area contributed by atoms with Gasteiger partial charge in [0.15, 0.2) is 0 Å². The summed E-state index contributed by atoms with van der Waals surface area (Å²) in [4.78, 5) is 25.5. The lowest BCUT2D eigenvalue weighted by atomic mass is 9.75. The lowest BCUT2D eigenvalue weighted by molar-refractivity contribution is -0.152. The Bertz CT molecular complexity index is 502. The molecule has 1 aliphatic rings. The summed E-state index contributed by atoms with van der Waals surface area (Å²) in [7, 11) is 1.77. The van der Waals surface area contributed by atoms with Crippen molar-refractivity contribution in [3.8, 4) is 0 Å². The average molecular weight is 279 g/mol. The summed E-state index contributed by atoms with van der Waals surface area (Å²) in [5.41, 5.74) is -0.0914. The van der Waals surface area contributed by atoms with Gasteiger partial charge < -0.3 is 10.0 Å². The highest BCUT2D eigenvalue weighted by Crippen LogP contribution is 2.36. The zero-order chi connectivity index (χ0) is 14.8. The van der Waals surface area contributed by atoms with Gasteiger partial charge in [0.1, 0.15) is 0 Å². The van der Waals surface area contributed by atoms with E-state index in [-0.39, 0.29) is 5.91 Å². The number of aryl methyl sites for hydroxylation is 1. The number of aliphatic carboxylic acids is 1. The fraction of sp³-hybridized carbons (Fsp3) is 0.643. The third kappa shape index (κ3) is 2.69. The Balaban J connectivity index is 2.03. The van der Waals surface area contributed by atoms with Crippen molar-refractivity contribution in [2.24, 2.45) is 12.5 Å². The molecule has 0 spiro atoms. The number of carbonyl (C=O) groups excluding carboxylic acids is 1. The van der Waals surface area contributed by atoms with E-state index in [1.54, 1.807) is 29.0 Å². The molecular weight excluding hydrogens is 258 g/mol. The van der Waals surface area contributed by atoms with E-state index in [1.807, 2.05) is 6.92 Å². The second-order valence-corrected chi connectivity index (χ2v) is 5.53. The summed E-state index contributed by atoms with van der Waals surface area (Å²) >= 11 is 0. The van der Waals surface area contributed by atoms with E-state index < -0.39 is 11.4 Å². The smallest absolute Gasteiger partial charge is 0.309 e. The zero-order valence-corrected chi connectivity index (χ0v) is 12.0. The van der Waals surface area contributed by atoms with E-state index in [2.05, 4.69) is 5.10 Å². The van der Waals surface area contributed by atoms with Gasteiger partial charge in [-0.05, 0) is 19.3 Å². The second-order valence-electron chi connectivity index (χ2n) is 5.53. The maximum Gasteiger partial charge on any atom is 0.309 e. The zero-order valence-electron chi connectivity index (χ0n) is 12.0. The maximum absolute atomic E-state index is 12.3. The minimum atomic E-state index is -0.729. The van der Waals surface area contributed by atoms with Gasteiger partial charge in [0.2, 0.25) is 0 Å². The predicted molar refractivity (Wildman–Crippen MR) is 73.3 cm³/mol. The number of likely N-dealkylation sites (tertiary alicyclic amines) is 1. The Morgan fingerprint density at radius 1 is 1.40 bits per heavy atom. The molecule has 1 N–H and O–H groups in total. The van der Waals surface area contributed by atoms with Crippen molar-refractivity contribution >= 4 is 11.9 Å². The first-order valence-corrected chi connectivity index (χ1v) is 7.00. The summed E-state index contributed by atoms with van der Waals surface area (Å²) in [6, 6.07) is 0. The first-order chi connectivity index (χ1) is 9.48. The summed E-state index contributed by atoms with van der Waals surface area (Å²) in [5, 5.41) is 13.4. The molecule has 0 aliphatic carbocycles. The van der Waals surface area contributed by atoms with Crippen LogP contribution in [0, 0.1) is 5.41 Å². The molecule has 6 heteroatoms. The van der Waals surface area contributed by atoms with Gasteiger partial charge in [-0.15, -0.1) is 0 Å². The number of piperidine rings is 1. The molecule has 20 heavy (non-hydrogen) atoms. The van der Waals surface area contributed by atoms with Crippen LogP contribution >= 0.6 is 0 Å². The fourth-order valence-electron chi connectivity index (χ4n) is 2.90. The minimum Gasteiger partial charge on any atom is -0.481 e. The van der Waals surface area contributed by atoms with Gasteiger partial charge in [0.25, 0.3) is 5.91 Å². The minimum absolute atomic E-state index is 0.0615. The molecule has 0 unspecified atom stereocenters. The van der Waals surface area contributed by atoms with Crippen LogP contribution in [0.2, 0.25) is 0 Å². The topological polar surface area (TPSA) is 75.4 Å². The van der Waals surface area contributed by atoms with Gasteiger partial charge in [-0.25, -0.2) is 0 Å². The molecule has 1 aromatic heterocycles. The van der Waals surface area contributed by atoms with Crippen LogP contribution in [-0.2, 0) is 11.8 Å². The van der Waals surface area contributed by atoms with Crippen LogP contribution in [0.25, 0.3) is 0 Å². The van der Waals surface area contributed by atoms with Crippen molar-refractivity contribution in [1.29, 1.82) is 0 Å². The number of carboxylic acid groups (broad SMARTS) is 1. The lowest BCUT2D eigenvalue weighted by Gasteiger charge is -2.38. The highest BCUT2D eigenvalue weighted by atomic mass is 16.4. The first-order valence-electron chi connectivity index (χ1n) is 7.00. The van der Waals surface area contributed by atoms with Crippen LogP contribution in [0.5, 0.6) is 0 Å². The van der Waals surface area contributed by atoms with E-state index in [0.717, 1.165) is 6.42 Å². The van der Waals surface area contributed by atoms with Crippen molar-refractivity contribution in [1.82, 2.24) is 14.7 Å². The third-order valence-corrected chi connectivity index (χ3v) is 4.14. The molecule has 0 radical (unpaired) electrons. The fourth-order valence-corrected chi connectivity index (χ4v) is 2.90. The average Bonchev–Trinajstić information content (AvgIpc) is 2.85. The third-order valence-electron chi connectivity index (χ3n) is 4.14. The molecule has 110 valence electrons. The summed E-state index contributed by atoms with van der Waals surface area (Å²) in [6.07, 6.45) is 5.82. The normalized spacial score (nSPS) is 18.0. The van der Waals surface area contributed by atoms with Crippen LogP contribution < -0.4 is 0 Å². The molecule has 2 heterocycles. The van der Waals surface area contributed by atoms with E-state index in [9.17, 15) is 14.7 Å². The highest BCUT2D eigenvalue weighted by molar-refractivity contribution is 5.94. The van der Waals surface area contributed by atoms with Gasteiger partial charge in [0, 0.05) is 26.3 Å². The van der Waals surface area contributed by atoms with Crippen molar-refractivity contribution in [3.05, 3.63) is 18.0 Å². The molecule has 0 aromatic carbocycles.